The lowest BCUT2D eigenvalue weighted by Crippen LogP contribution is -2.45. The Morgan fingerprint density at radius 2 is 2.12 bits per heavy atom. The number of aliphatic hydroxyl groups excluding tert-OH is 1. The summed E-state index contributed by atoms with van der Waals surface area (Å²) in [7, 11) is 0. The van der Waals surface area contributed by atoms with E-state index in [9.17, 15) is 9.90 Å². The maximum atomic E-state index is 12.6. The zero-order chi connectivity index (χ0) is 18.1. The lowest BCUT2D eigenvalue weighted by atomic mass is 9.95. The Bertz CT molecular complexity index is 785. The van der Waals surface area contributed by atoms with Gasteiger partial charge in [-0.3, -0.25) is 4.79 Å². The van der Waals surface area contributed by atoms with Crippen molar-refractivity contribution in [2.75, 3.05) is 24.6 Å². The summed E-state index contributed by atoms with van der Waals surface area (Å²) in [4.78, 5) is 19.2. The van der Waals surface area contributed by atoms with Gasteiger partial charge in [-0.25, -0.2) is 0 Å². The third-order valence-corrected chi connectivity index (χ3v) is 5.93. The van der Waals surface area contributed by atoms with Crippen LogP contribution in [-0.4, -0.2) is 41.7 Å². The molecule has 1 saturated carbocycles. The fourth-order valence-electron chi connectivity index (χ4n) is 4.10. The highest BCUT2D eigenvalue weighted by Crippen LogP contribution is 2.29. The Morgan fingerprint density at radius 3 is 2.88 bits per heavy atom. The molecule has 0 spiro atoms. The van der Waals surface area contributed by atoms with Gasteiger partial charge in [0.05, 0.1) is 0 Å². The summed E-state index contributed by atoms with van der Waals surface area (Å²) in [6.07, 6.45) is 4.61. The van der Waals surface area contributed by atoms with E-state index in [1.54, 1.807) is 12.1 Å². The molecule has 1 amide bonds. The van der Waals surface area contributed by atoms with Gasteiger partial charge in [-0.1, -0.05) is 18.0 Å². The summed E-state index contributed by atoms with van der Waals surface area (Å²) in [5, 5.41) is 13.2. The van der Waals surface area contributed by atoms with E-state index >= 15 is 0 Å². The Hall–Kier alpha value is -1.79. The Kier molecular flexibility index (Phi) is 5.05. The lowest BCUT2D eigenvalue weighted by molar-refractivity contribution is -0.126. The second-order valence-electron chi connectivity index (χ2n) is 7.36. The second-order valence-corrected chi connectivity index (χ2v) is 7.79. The molecular weight excluding hydrogens is 354 g/mol. The number of hydrogen-bond donors (Lipinski definition) is 2. The highest BCUT2D eigenvalue weighted by Gasteiger charge is 2.32. The summed E-state index contributed by atoms with van der Waals surface area (Å²) >= 11 is 6.00. The predicted octanol–water partition coefficient (Wildman–Crippen LogP) is 2.97. The second kappa shape index (κ2) is 7.45. The van der Waals surface area contributed by atoms with E-state index in [4.69, 9.17) is 16.0 Å². The molecule has 1 aliphatic heterocycles. The van der Waals surface area contributed by atoms with Crippen LogP contribution in [0.2, 0.25) is 5.02 Å². The average molecular weight is 378 g/mol. The number of aromatic nitrogens is 1. The number of rotatable bonds is 4. The minimum atomic E-state index is 0.0185. The van der Waals surface area contributed by atoms with Crippen LogP contribution in [0.1, 0.15) is 32.1 Å². The SMILES string of the molecule is O=C(N[C@@H]1CCC[C@@H]1CO)C1CCN(c2nc3cc(Cl)ccc3o2)CC1. The number of halogens is 1. The molecule has 1 aromatic carbocycles. The number of carbonyl (C=O) groups excluding carboxylic acids is 1. The van der Waals surface area contributed by atoms with Gasteiger partial charge in [-0.15, -0.1) is 0 Å². The molecule has 2 heterocycles. The number of hydrogen-bond acceptors (Lipinski definition) is 5. The molecule has 2 aliphatic rings. The van der Waals surface area contributed by atoms with Crippen molar-refractivity contribution in [3.63, 3.8) is 0 Å². The Balaban J connectivity index is 1.35. The number of oxazole rings is 1. The molecular formula is C19H24ClN3O3. The predicted molar refractivity (Wildman–Crippen MR) is 100 cm³/mol. The number of nitrogens with one attached hydrogen (secondary N) is 1. The van der Waals surface area contributed by atoms with Crippen LogP contribution in [0.15, 0.2) is 22.6 Å². The fraction of sp³-hybridized carbons (Fsp3) is 0.579. The van der Waals surface area contributed by atoms with E-state index in [2.05, 4.69) is 15.2 Å². The van der Waals surface area contributed by atoms with Crippen molar-refractivity contribution in [2.24, 2.45) is 11.8 Å². The van der Waals surface area contributed by atoms with Gasteiger partial charge in [0.15, 0.2) is 5.58 Å². The number of amides is 1. The van der Waals surface area contributed by atoms with Gasteiger partial charge in [0.2, 0.25) is 5.91 Å². The van der Waals surface area contributed by atoms with E-state index in [0.717, 1.165) is 56.3 Å². The van der Waals surface area contributed by atoms with Crippen LogP contribution in [0, 0.1) is 11.8 Å². The largest absolute Gasteiger partial charge is 0.423 e. The van der Waals surface area contributed by atoms with E-state index in [1.807, 2.05) is 6.07 Å². The van der Waals surface area contributed by atoms with Crippen LogP contribution in [-0.2, 0) is 4.79 Å². The number of aliphatic hydroxyl groups is 1. The van der Waals surface area contributed by atoms with Gasteiger partial charge in [0.1, 0.15) is 5.52 Å². The zero-order valence-corrected chi connectivity index (χ0v) is 15.4. The maximum Gasteiger partial charge on any atom is 0.298 e. The van der Waals surface area contributed by atoms with Crippen LogP contribution < -0.4 is 10.2 Å². The summed E-state index contributed by atoms with van der Waals surface area (Å²) < 4.78 is 5.82. The first-order valence-corrected chi connectivity index (χ1v) is 9.74. The minimum absolute atomic E-state index is 0.0185. The highest BCUT2D eigenvalue weighted by atomic mass is 35.5. The first-order valence-electron chi connectivity index (χ1n) is 9.36. The van der Waals surface area contributed by atoms with Gasteiger partial charge in [-0.05, 0) is 43.9 Å². The molecule has 2 aromatic rings. The fourth-order valence-corrected chi connectivity index (χ4v) is 4.27. The average Bonchev–Trinajstić information content (AvgIpc) is 3.27. The van der Waals surface area contributed by atoms with Gasteiger partial charge in [0, 0.05) is 42.6 Å². The standard InChI is InChI=1S/C19H24ClN3O3/c20-14-4-5-17-16(10-14)22-19(26-17)23-8-6-12(7-9-23)18(25)21-15-3-1-2-13(15)11-24/h4-5,10,12-13,15,24H,1-3,6-9,11H2,(H,21,25)/t13-,15-/m1/s1. The van der Waals surface area contributed by atoms with Gasteiger partial charge >= 0.3 is 0 Å². The number of benzene rings is 1. The smallest absolute Gasteiger partial charge is 0.298 e. The van der Waals surface area contributed by atoms with E-state index in [1.165, 1.54) is 0 Å². The van der Waals surface area contributed by atoms with E-state index < -0.39 is 0 Å². The number of fused-ring (bicyclic) bond motifs is 1. The van der Waals surface area contributed by atoms with Crippen molar-refractivity contribution < 1.29 is 14.3 Å². The molecule has 1 aliphatic carbocycles. The van der Waals surface area contributed by atoms with Gasteiger partial charge in [0.25, 0.3) is 6.01 Å². The monoisotopic (exact) mass is 377 g/mol. The van der Waals surface area contributed by atoms with Crippen molar-refractivity contribution in [2.45, 2.75) is 38.1 Å². The molecule has 2 N–H and O–H groups in total. The molecule has 1 aromatic heterocycles. The quantitative estimate of drug-likeness (QED) is 0.856. The van der Waals surface area contributed by atoms with Crippen molar-refractivity contribution in [1.82, 2.24) is 10.3 Å². The van der Waals surface area contributed by atoms with Crippen LogP contribution in [0.4, 0.5) is 6.01 Å². The van der Waals surface area contributed by atoms with Gasteiger partial charge < -0.3 is 19.7 Å². The van der Waals surface area contributed by atoms with Crippen molar-refractivity contribution >= 4 is 34.6 Å². The molecule has 0 radical (unpaired) electrons. The number of nitrogens with zero attached hydrogens (tertiary/aromatic N) is 2. The Labute approximate surface area is 157 Å². The molecule has 0 unspecified atom stereocenters. The minimum Gasteiger partial charge on any atom is -0.423 e. The van der Waals surface area contributed by atoms with E-state index in [0.29, 0.717) is 11.0 Å². The molecule has 26 heavy (non-hydrogen) atoms. The van der Waals surface area contributed by atoms with E-state index in [-0.39, 0.29) is 30.4 Å². The van der Waals surface area contributed by atoms with Crippen molar-refractivity contribution in [3.05, 3.63) is 23.2 Å². The molecule has 0 bridgehead atoms. The molecule has 6 nitrogen and oxygen atoms in total. The Morgan fingerprint density at radius 1 is 1.31 bits per heavy atom. The summed E-state index contributed by atoms with van der Waals surface area (Å²) in [6.45, 7) is 1.64. The molecule has 7 heteroatoms. The maximum absolute atomic E-state index is 12.6. The third-order valence-electron chi connectivity index (χ3n) is 5.70. The molecule has 140 valence electrons. The highest BCUT2D eigenvalue weighted by molar-refractivity contribution is 6.31. The first-order chi connectivity index (χ1) is 12.6. The summed E-state index contributed by atoms with van der Waals surface area (Å²) in [5.41, 5.74) is 1.48. The zero-order valence-electron chi connectivity index (χ0n) is 14.7. The summed E-state index contributed by atoms with van der Waals surface area (Å²) in [6, 6.07) is 6.14. The molecule has 2 fully saturated rings. The number of anilines is 1. The lowest BCUT2D eigenvalue weighted by Gasteiger charge is -2.31. The normalized spacial score (nSPS) is 24.3. The topological polar surface area (TPSA) is 78.6 Å². The number of piperidine rings is 1. The molecule has 2 atom stereocenters. The van der Waals surface area contributed by atoms with Crippen LogP contribution >= 0.6 is 11.6 Å². The first kappa shape index (κ1) is 17.6. The third kappa shape index (κ3) is 3.53. The molecule has 1 saturated heterocycles. The summed E-state index contributed by atoms with van der Waals surface area (Å²) in [5.74, 6) is 0.356. The van der Waals surface area contributed by atoms with Gasteiger partial charge in [-0.2, -0.15) is 4.98 Å². The van der Waals surface area contributed by atoms with Crippen LogP contribution in [0.3, 0.4) is 0 Å². The number of carbonyl (C=O) groups is 1. The van der Waals surface area contributed by atoms with Crippen molar-refractivity contribution in [1.29, 1.82) is 0 Å². The molecule has 4 rings (SSSR count). The van der Waals surface area contributed by atoms with Crippen molar-refractivity contribution in [3.8, 4) is 0 Å². The van der Waals surface area contributed by atoms with Crippen LogP contribution in [0.5, 0.6) is 0 Å². The van der Waals surface area contributed by atoms with Crippen LogP contribution in [0.25, 0.3) is 11.1 Å².